The topological polar surface area (TPSA) is 15.3 Å². The fourth-order valence-corrected chi connectivity index (χ4v) is 3.42. The predicted molar refractivity (Wildman–Crippen MR) is 80.3 cm³/mol. The molecule has 0 aliphatic carbocycles. The smallest absolute Gasteiger partial charge is 0.0195 e. The van der Waals surface area contributed by atoms with E-state index >= 15 is 0 Å². The van der Waals surface area contributed by atoms with Gasteiger partial charge >= 0.3 is 0 Å². The number of nitrogens with zero attached hydrogens (tertiary/aromatic N) is 1. The Balaban J connectivity index is 1.79. The lowest BCUT2D eigenvalue weighted by molar-refractivity contribution is 0.226. The number of hydrogen-bond acceptors (Lipinski definition) is 3. The van der Waals surface area contributed by atoms with Crippen LogP contribution in [0, 0.1) is 5.92 Å². The molecule has 1 unspecified atom stereocenters. The van der Waals surface area contributed by atoms with Gasteiger partial charge in [-0.15, -0.1) is 0 Å². The zero-order valence-corrected chi connectivity index (χ0v) is 12.5. The van der Waals surface area contributed by atoms with Gasteiger partial charge < -0.3 is 10.2 Å². The van der Waals surface area contributed by atoms with Crippen LogP contribution in [0.3, 0.4) is 0 Å². The van der Waals surface area contributed by atoms with E-state index in [0.717, 1.165) is 12.0 Å². The van der Waals surface area contributed by atoms with E-state index in [1.165, 1.54) is 51.0 Å². The molecule has 2 nitrogen and oxygen atoms in total. The Hall–Kier alpha value is -0.380. The van der Waals surface area contributed by atoms with Crippen molar-refractivity contribution in [1.29, 1.82) is 0 Å². The highest BCUT2D eigenvalue weighted by atomic mass is 32.1. The van der Waals surface area contributed by atoms with Crippen molar-refractivity contribution in [2.24, 2.45) is 5.92 Å². The summed E-state index contributed by atoms with van der Waals surface area (Å²) < 4.78 is 0. The second kappa shape index (κ2) is 7.27. The van der Waals surface area contributed by atoms with Crippen molar-refractivity contribution < 1.29 is 0 Å². The van der Waals surface area contributed by atoms with E-state index in [1.807, 2.05) is 11.3 Å². The lowest BCUT2D eigenvalue weighted by Gasteiger charge is -2.27. The van der Waals surface area contributed by atoms with Crippen LogP contribution in [0.2, 0.25) is 0 Å². The van der Waals surface area contributed by atoms with Crippen LogP contribution in [0.25, 0.3) is 0 Å². The molecule has 1 aliphatic rings. The van der Waals surface area contributed by atoms with Gasteiger partial charge in [-0.3, -0.25) is 0 Å². The van der Waals surface area contributed by atoms with Crippen LogP contribution in [0.15, 0.2) is 16.8 Å². The second-order valence-electron chi connectivity index (χ2n) is 5.83. The molecule has 3 heteroatoms. The van der Waals surface area contributed by atoms with Gasteiger partial charge in [-0.05, 0) is 54.1 Å². The van der Waals surface area contributed by atoms with Crippen molar-refractivity contribution in [3.63, 3.8) is 0 Å². The van der Waals surface area contributed by atoms with E-state index < -0.39 is 0 Å². The largest absolute Gasteiger partial charge is 0.313 e. The minimum Gasteiger partial charge on any atom is -0.313 e. The molecule has 1 aliphatic heterocycles. The highest BCUT2D eigenvalue weighted by Gasteiger charge is 2.18. The van der Waals surface area contributed by atoms with Crippen LogP contribution in [-0.2, 0) is 6.42 Å². The summed E-state index contributed by atoms with van der Waals surface area (Å²) in [4.78, 5) is 2.64. The van der Waals surface area contributed by atoms with Gasteiger partial charge in [0, 0.05) is 25.7 Å². The highest BCUT2D eigenvalue weighted by molar-refractivity contribution is 7.07. The summed E-state index contributed by atoms with van der Waals surface area (Å²) in [6, 6.07) is 2.98. The Labute approximate surface area is 115 Å². The van der Waals surface area contributed by atoms with Gasteiger partial charge in [0.15, 0.2) is 0 Å². The molecule has 2 rings (SSSR count). The van der Waals surface area contributed by atoms with E-state index in [9.17, 15) is 0 Å². The fraction of sp³-hybridized carbons (Fsp3) is 0.733. The molecule has 1 fully saturated rings. The summed E-state index contributed by atoms with van der Waals surface area (Å²) >= 11 is 1.81. The van der Waals surface area contributed by atoms with Crippen molar-refractivity contribution in [2.45, 2.75) is 39.2 Å². The zero-order chi connectivity index (χ0) is 12.8. The van der Waals surface area contributed by atoms with Crippen LogP contribution >= 0.6 is 11.3 Å². The van der Waals surface area contributed by atoms with Crippen LogP contribution in [0.4, 0.5) is 0 Å². The first kappa shape index (κ1) is 14.0. The maximum atomic E-state index is 3.61. The minimum atomic E-state index is 0.728. The van der Waals surface area contributed by atoms with E-state index in [0.29, 0.717) is 0 Å². The van der Waals surface area contributed by atoms with Gasteiger partial charge in [0.05, 0.1) is 0 Å². The summed E-state index contributed by atoms with van der Waals surface area (Å²) in [6.07, 6.45) is 3.90. The molecule has 1 aromatic heterocycles. The molecule has 0 amide bonds. The average molecular weight is 266 g/mol. The molecular formula is C15H26N2S. The van der Waals surface area contributed by atoms with Crippen molar-refractivity contribution in [3.05, 3.63) is 22.4 Å². The van der Waals surface area contributed by atoms with Crippen LogP contribution in [-0.4, -0.2) is 37.1 Å². The molecule has 0 spiro atoms. The Morgan fingerprint density at radius 3 is 3.00 bits per heavy atom. The lowest BCUT2D eigenvalue weighted by Crippen LogP contribution is -2.40. The van der Waals surface area contributed by atoms with E-state index in [2.05, 4.69) is 40.9 Å². The third-order valence-electron chi connectivity index (χ3n) is 3.56. The quantitative estimate of drug-likeness (QED) is 0.816. The summed E-state index contributed by atoms with van der Waals surface area (Å²) in [7, 11) is 0. The third-order valence-corrected chi connectivity index (χ3v) is 4.29. The molecule has 2 heterocycles. The fourth-order valence-electron chi connectivity index (χ4n) is 2.72. The molecule has 1 aromatic rings. The Morgan fingerprint density at radius 2 is 2.39 bits per heavy atom. The van der Waals surface area contributed by atoms with Crippen molar-refractivity contribution in [3.8, 4) is 0 Å². The van der Waals surface area contributed by atoms with Crippen LogP contribution in [0.1, 0.15) is 32.3 Å². The average Bonchev–Trinajstić information content (AvgIpc) is 2.97. The summed E-state index contributed by atoms with van der Waals surface area (Å²) in [6.45, 7) is 9.50. The third kappa shape index (κ3) is 4.71. The number of hydrogen-bond donors (Lipinski definition) is 1. The lowest BCUT2D eigenvalue weighted by atomic mass is 10.1. The van der Waals surface area contributed by atoms with Crippen molar-refractivity contribution in [2.75, 3.05) is 26.2 Å². The van der Waals surface area contributed by atoms with Gasteiger partial charge in [-0.1, -0.05) is 13.8 Å². The number of thiophene rings is 1. The van der Waals surface area contributed by atoms with Crippen molar-refractivity contribution >= 4 is 11.3 Å². The zero-order valence-electron chi connectivity index (χ0n) is 11.7. The second-order valence-corrected chi connectivity index (χ2v) is 6.61. The van der Waals surface area contributed by atoms with Gasteiger partial charge in [-0.25, -0.2) is 0 Å². The van der Waals surface area contributed by atoms with Gasteiger partial charge in [-0.2, -0.15) is 11.3 Å². The van der Waals surface area contributed by atoms with E-state index in [1.54, 1.807) is 0 Å². The first-order valence-electron chi connectivity index (χ1n) is 7.21. The molecule has 0 saturated carbocycles. The van der Waals surface area contributed by atoms with E-state index in [-0.39, 0.29) is 0 Å². The summed E-state index contributed by atoms with van der Waals surface area (Å²) in [5, 5.41) is 8.07. The normalized spacial score (nSPS) is 20.1. The molecule has 0 bridgehead atoms. The molecule has 18 heavy (non-hydrogen) atoms. The highest BCUT2D eigenvalue weighted by Crippen LogP contribution is 2.11. The molecular weight excluding hydrogens is 240 g/mol. The maximum Gasteiger partial charge on any atom is 0.0195 e. The van der Waals surface area contributed by atoms with Gasteiger partial charge in [0.25, 0.3) is 0 Å². The minimum absolute atomic E-state index is 0.728. The van der Waals surface area contributed by atoms with Crippen LogP contribution in [0.5, 0.6) is 0 Å². The first-order valence-corrected chi connectivity index (χ1v) is 8.15. The number of rotatable bonds is 7. The van der Waals surface area contributed by atoms with Crippen molar-refractivity contribution in [1.82, 2.24) is 10.2 Å². The molecule has 0 aromatic carbocycles. The molecule has 1 saturated heterocycles. The molecule has 0 radical (unpaired) electrons. The van der Waals surface area contributed by atoms with Crippen LogP contribution < -0.4 is 5.32 Å². The van der Waals surface area contributed by atoms with Gasteiger partial charge in [0.2, 0.25) is 0 Å². The maximum absolute atomic E-state index is 3.61. The first-order chi connectivity index (χ1) is 8.74. The molecule has 1 N–H and O–H groups in total. The Kier molecular flexibility index (Phi) is 5.67. The molecule has 102 valence electrons. The summed E-state index contributed by atoms with van der Waals surface area (Å²) in [5.41, 5.74) is 1.49. The van der Waals surface area contributed by atoms with Gasteiger partial charge in [0.1, 0.15) is 0 Å². The Morgan fingerprint density at radius 1 is 1.50 bits per heavy atom. The SMILES string of the molecule is CC(C)CN(CCc1ccsc1)CC1CCCN1. The monoisotopic (exact) mass is 266 g/mol. The molecule has 1 atom stereocenters. The standard InChI is InChI=1S/C15H26N2S/c1-13(2)10-17(11-15-4-3-7-16-15)8-5-14-6-9-18-12-14/h6,9,12-13,15-16H,3-5,7-8,10-11H2,1-2H3. The Bertz CT molecular complexity index is 315. The summed E-state index contributed by atoms with van der Waals surface area (Å²) in [5.74, 6) is 0.758. The van der Waals surface area contributed by atoms with E-state index in [4.69, 9.17) is 0 Å². The number of nitrogens with one attached hydrogen (secondary N) is 1. The predicted octanol–water partition coefficient (Wildman–Crippen LogP) is 3.00.